The molecule has 0 saturated heterocycles. The molecule has 120 valence electrons. The number of ether oxygens (including phenoxy) is 1. The van der Waals surface area contributed by atoms with E-state index in [1.54, 1.807) is 32.2 Å². The van der Waals surface area contributed by atoms with Crippen molar-refractivity contribution in [3.05, 3.63) is 34.9 Å². The minimum atomic E-state index is -0.0545. The number of nitrogens with zero attached hydrogens (tertiary/aromatic N) is 4. The number of hydrogen-bond acceptors (Lipinski definition) is 7. The zero-order valence-corrected chi connectivity index (χ0v) is 14.3. The van der Waals surface area contributed by atoms with Gasteiger partial charge in [0.15, 0.2) is 11.6 Å². The highest BCUT2D eigenvalue weighted by Crippen LogP contribution is 2.34. The lowest BCUT2D eigenvalue weighted by molar-refractivity contribution is 0.376. The number of halogens is 1. The Morgan fingerprint density at radius 1 is 1.35 bits per heavy atom. The van der Waals surface area contributed by atoms with E-state index in [0.717, 1.165) is 5.56 Å². The number of H-pyrrole nitrogens is 1. The third-order valence-corrected chi connectivity index (χ3v) is 4.24. The summed E-state index contributed by atoms with van der Waals surface area (Å²) in [5, 5.41) is 12.0. The van der Waals surface area contributed by atoms with Crippen molar-refractivity contribution < 1.29 is 9.26 Å². The lowest BCUT2D eigenvalue weighted by Crippen LogP contribution is -1.90. The van der Waals surface area contributed by atoms with Gasteiger partial charge >= 0.3 is 0 Å². The van der Waals surface area contributed by atoms with E-state index in [2.05, 4.69) is 25.3 Å². The maximum Gasteiger partial charge on any atom is 0.239 e. The SMILES string of the molecule is COc1ccc(Cl)cc1-c1nc(SC(C)c2nc(C)no2)n[nH]1. The van der Waals surface area contributed by atoms with Crippen LogP contribution < -0.4 is 4.74 Å². The van der Waals surface area contributed by atoms with Gasteiger partial charge in [-0.15, -0.1) is 5.10 Å². The number of methoxy groups -OCH3 is 1. The Balaban J connectivity index is 1.82. The van der Waals surface area contributed by atoms with Crippen LogP contribution in [0.2, 0.25) is 5.02 Å². The summed E-state index contributed by atoms with van der Waals surface area (Å²) in [6, 6.07) is 5.33. The number of aromatic nitrogens is 5. The van der Waals surface area contributed by atoms with Crippen LogP contribution in [0.5, 0.6) is 5.75 Å². The van der Waals surface area contributed by atoms with Gasteiger partial charge in [-0.3, -0.25) is 5.10 Å². The van der Waals surface area contributed by atoms with Crippen LogP contribution in [0, 0.1) is 6.92 Å². The largest absolute Gasteiger partial charge is 0.496 e. The molecule has 2 aromatic heterocycles. The van der Waals surface area contributed by atoms with Gasteiger partial charge in [-0.2, -0.15) is 4.98 Å². The van der Waals surface area contributed by atoms with Gasteiger partial charge < -0.3 is 9.26 Å². The average molecular weight is 352 g/mol. The fourth-order valence-electron chi connectivity index (χ4n) is 1.97. The maximum atomic E-state index is 6.05. The molecule has 0 amide bonds. The molecule has 1 N–H and O–H groups in total. The first kappa shape index (κ1) is 15.8. The van der Waals surface area contributed by atoms with E-state index < -0.39 is 0 Å². The van der Waals surface area contributed by atoms with Crippen molar-refractivity contribution in [3.63, 3.8) is 0 Å². The second-order valence-electron chi connectivity index (χ2n) is 4.75. The van der Waals surface area contributed by atoms with Crippen LogP contribution in [0.15, 0.2) is 27.9 Å². The summed E-state index contributed by atoms with van der Waals surface area (Å²) in [6.45, 7) is 3.73. The van der Waals surface area contributed by atoms with Crippen LogP contribution in [-0.4, -0.2) is 32.4 Å². The fourth-order valence-corrected chi connectivity index (χ4v) is 2.90. The van der Waals surface area contributed by atoms with Gasteiger partial charge in [0, 0.05) is 5.02 Å². The van der Waals surface area contributed by atoms with Crippen molar-refractivity contribution in [1.29, 1.82) is 0 Å². The first-order valence-electron chi connectivity index (χ1n) is 6.80. The summed E-state index contributed by atoms with van der Waals surface area (Å²) < 4.78 is 10.5. The quantitative estimate of drug-likeness (QED) is 0.701. The number of aryl methyl sites for hydroxylation is 1. The molecule has 0 fully saturated rings. The number of benzene rings is 1. The van der Waals surface area contributed by atoms with Crippen molar-refractivity contribution in [2.45, 2.75) is 24.3 Å². The second kappa shape index (κ2) is 6.59. The minimum Gasteiger partial charge on any atom is -0.496 e. The third-order valence-electron chi connectivity index (χ3n) is 3.05. The lowest BCUT2D eigenvalue weighted by atomic mass is 10.2. The minimum absolute atomic E-state index is 0.0545. The molecule has 1 atom stereocenters. The Morgan fingerprint density at radius 3 is 2.87 bits per heavy atom. The molecular formula is C14H14ClN5O2S. The molecular weight excluding hydrogens is 338 g/mol. The molecule has 7 nitrogen and oxygen atoms in total. The number of aromatic amines is 1. The monoisotopic (exact) mass is 351 g/mol. The first-order chi connectivity index (χ1) is 11.1. The second-order valence-corrected chi connectivity index (χ2v) is 6.50. The van der Waals surface area contributed by atoms with E-state index in [4.69, 9.17) is 20.9 Å². The summed E-state index contributed by atoms with van der Waals surface area (Å²) in [5.41, 5.74) is 0.751. The van der Waals surface area contributed by atoms with Crippen molar-refractivity contribution in [1.82, 2.24) is 25.3 Å². The molecule has 23 heavy (non-hydrogen) atoms. The molecule has 0 aliphatic carbocycles. The Bertz CT molecular complexity index is 819. The van der Waals surface area contributed by atoms with Gasteiger partial charge in [0.2, 0.25) is 11.0 Å². The fraction of sp³-hybridized carbons (Fsp3) is 0.286. The number of nitrogens with one attached hydrogen (secondary N) is 1. The van der Waals surface area contributed by atoms with Crippen LogP contribution in [0.4, 0.5) is 0 Å². The topological polar surface area (TPSA) is 89.7 Å². The summed E-state index contributed by atoms with van der Waals surface area (Å²) in [5.74, 6) is 2.40. The Kier molecular flexibility index (Phi) is 4.53. The van der Waals surface area contributed by atoms with Crippen molar-refractivity contribution in [3.8, 4) is 17.1 Å². The molecule has 0 saturated carbocycles. The molecule has 0 spiro atoms. The van der Waals surface area contributed by atoms with Crippen LogP contribution in [0.1, 0.15) is 23.9 Å². The predicted octanol–water partition coefficient (Wildman–Crippen LogP) is 3.68. The highest BCUT2D eigenvalue weighted by Gasteiger charge is 2.18. The molecule has 9 heteroatoms. The highest BCUT2D eigenvalue weighted by atomic mass is 35.5. The molecule has 0 radical (unpaired) electrons. The van der Waals surface area contributed by atoms with E-state index in [9.17, 15) is 0 Å². The van der Waals surface area contributed by atoms with Crippen LogP contribution >= 0.6 is 23.4 Å². The first-order valence-corrected chi connectivity index (χ1v) is 8.05. The van der Waals surface area contributed by atoms with Gasteiger partial charge in [0.25, 0.3) is 0 Å². The Morgan fingerprint density at radius 2 is 2.17 bits per heavy atom. The zero-order chi connectivity index (χ0) is 16.4. The molecule has 2 heterocycles. The van der Waals surface area contributed by atoms with Crippen molar-refractivity contribution in [2.24, 2.45) is 0 Å². The van der Waals surface area contributed by atoms with E-state index >= 15 is 0 Å². The number of thioether (sulfide) groups is 1. The van der Waals surface area contributed by atoms with Crippen molar-refractivity contribution >= 4 is 23.4 Å². The third kappa shape index (κ3) is 3.48. The van der Waals surface area contributed by atoms with Gasteiger partial charge in [0.05, 0.1) is 17.9 Å². The molecule has 1 unspecified atom stereocenters. The Hall–Kier alpha value is -2.06. The predicted molar refractivity (Wildman–Crippen MR) is 86.7 cm³/mol. The van der Waals surface area contributed by atoms with Gasteiger partial charge in [-0.25, -0.2) is 4.98 Å². The molecule has 1 aromatic carbocycles. The zero-order valence-electron chi connectivity index (χ0n) is 12.7. The number of rotatable bonds is 5. The van der Waals surface area contributed by atoms with Crippen molar-refractivity contribution in [2.75, 3.05) is 7.11 Å². The normalized spacial score (nSPS) is 12.3. The molecule has 3 aromatic rings. The molecule has 0 aliphatic heterocycles. The lowest BCUT2D eigenvalue weighted by Gasteiger charge is -2.05. The van der Waals surface area contributed by atoms with Gasteiger partial charge in [-0.1, -0.05) is 28.5 Å². The van der Waals surface area contributed by atoms with Crippen LogP contribution in [-0.2, 0) is 0 Å². The maximum absolute atomic E-state index is 6.05. The van der Waals surface area contributed by atoms with E-state index in [-0.39, 0.29) is 5.25 Å². The highest BCUT2D eigenvalue weighted by molar-refractivity contribution is 7.99. The average Bonchev–Trinajstić information content (AvgIpc) is 3.16. The van der Waals surface area contributed by atoms with E-state index in [0.29, 0.717) is 33.5 Å². The summed E-state index contributed by atoms with van der Waals surface area (Å²) in [4.78, 5) is 8.68. The molecule has 3 rings (SSSR count). The summed E-state index contributed by atoms with van der Waals surface area (Å²) >= 11 is 7.47. The van der Waals surface area contributed by atoms with Gasteiger partial charge in [-0.05, 0) is 32.0 Å². The smallest absolute Gasteiger partial charge is 0.239 e. The molecule has 0 bridgehead atoms. The Labute approximate surface area is 141 Å². The van der Waals surface area contributed by atoms with Gasteiger partial charge in [0.1, 0.15) is 5.75 Å². The number of hydrogen-bond donors (Lipinski definition) is 1. The summed E-state index contributed by atoms with van der Waals surface area (Å²) in [7, 11) is 1.60. The molecule has 0 aliphatic rings. The van der Waals surface area contributed by atoms with Crippen LogP contribution in [0.25, 0.3) is 11.4 Å². The summed E-state index contributed by atoms with van der Waals surface area (Å²) in [6.07, 6.45) is 0. The van der Waals surface area contributed by atoms with E-state index in [1.165, 1.54) is 11.8 Å². The standard InChI is InChI=1S/C14H14ClN5O2S/c1-7(13-16-8(2)20-22-13)23-14-17-12(18-19-14)10-6-9(15)4-5-11(10)21-3/h4-7H,1-3H3,(H,17,18,19). The van der Waals surface area contributed by atoms with Crippen LogP contribution in [0.3, 0.4) is 0 Å². The van der Waals surface area contributed by atoms with E-state index in [1.807, 2.05) is 6.92 Å².